The Balaban J connectivity index is 1.94. The number of amidine groups is 1. The molecule has 2 aromatic carbocycles. The summed E-state index contributed by atoms with van der Waals surface area (Å²) < 4.78 is 5.36. The van der Waals surface area contributed by atoms with Gasteiger partial charge in [0.25, 0.3) is 5.91 Å². The topological polar surface area (TPSA) is 99.4 Å². The largest absolute Gasteiger partial charge is 0.503 e. The molecule has 1 saturated heterocycles. The first-order valence-electron chi connectivity index (χ1n) is 8.65. The molecule has 0 radical (unpaired) electrons. The predicted molar refractivity (Wildman–Crippen MR) is 118 cm³/mol. The minimum absolute atomic E-state index is 0.0755. The van der Waals surface area contributed by atoms with Gasteiger partial charge in [-0.2, -0.15) is 0 Å². The van der Waals surface area contributed by atoms with Crippen LogP contribution in [-0.4, -0.2) is 45.8 Å². The van der Waals surface area contributed by atoms with Crippen molar-refractivity contribution in [2.45, 2.75) is 6.92 Å². The zero-order chi connectivity index (χ0) is 22.0. The number of carboxylic acid groups (broad SMARTS) is 1. The van der Waals surface area contributed by atoms with Crippen LogP contribution in [0.3, 0.4) is 0 Å². The highest BCUT2D eigenvalue weighted by Crippen LogP contribution is 2.38. The number of carbonyl (C=O) groups excluding carboxylic acids is 1. The number of rotatable bonds is 5. The van der Waals surface area contributed by atoms with Crippen LogP contribution in [0, 0.1) is 0 Å². The Morgan fingerprint density at radius 1 is 1.27 bits per heavy atom. The van der Waals surface area contributed by atoms with Crippen LogP contribution in [-0.2, 0) is 4.79 Å². The van der Waals surface area contributed by atoms with Crippen LogP contribution in [0.2, 0.25) is 10.0 Å². The second-order valence-corrected chi connectivity index (χ2v) is 7.94. The molecular formula is C20H16Cl2N2O5S. The van der Waals surface area contributed by atoms with E-state index >= 15 is 0 Å². The smallest absolute Gasteiger partial charge is 0.337 e. The molecule has 156 valence electrons. The summed E-state index contributed by atoms with van der Waals surface area (Å²) in [5.74, 6) is -1.40. The molecule has 0 atom stereocenters. The number of carboxylic acids is 1. The first kappa shape index (κ1) is 22.0. The van der Waals surface area contributed by atoms with Crippen LogP contribution in [0.25, 0.3) is 6.08 Å². The number of ether oxygens (including phenoxy) is 1. The Morgan fingerprint density at radius 2 is 2.00 bits per heavy atom. The van der Waals surface area contributed by atoms with Gasteiger partial charge in [-0.05, 0) is 60.7 Å². The van der Waals surface area contributed by atoms with E-state index in [1.54, 1.807) is 32.2 Å². The molecule has 30 heavy (non-hydrogen) atoms. The Kier molecular flexibility index (Phi) is 6.60. The Labute approximate surface area is 186 Å². The first-order valence-corrected chi connectivity index (χ1v) is 10.2. The van der Waals surface area contributed by atoms with Gasteiger partial charge in [-0.25, -0.2) is 9.79 Å². The summed E-state index contributed by atoms with van der Waals surface area (Å²) in [6, 6.07) is 7.45. The van der Waals surface area contributed by atoms with Crippen LogP contribution >= 0.6 is 35.0 Å². The fourth-order valence-corrected chi connectivity index (χ4v) is 4.01. The molecule has 2 aromatic rings. The van der Waals surface area contributed by atoms with Crippen LogP contribution in [0.5, 0.6) is 11.5 Å². The van der Waals surface area contributed by atoms with Gasteiger partial charge in [0.15, 0.2) is 16.7 Å². The van der Waals surface area contributed by atoms with E-state index in [0.29, 0.717) is 27.9 Å². The molecule has 0 aliphatic carbocycles. The van der Waals surface area contributed by atoms with Crippen molar-refractivity contribution in [2.24, 2.45) is 4.99 Å². The second-order valence-electron chi connectivity index (χ2n) is 6.12. The van der Waals surface area contributed by atoms with Crippen molar-refractivity contribution in [3.8, 4) is 11.5 Å². The van der Waals surface area contributed by atoms with E-state index in [9.17, 15) is 19.8 Å². The standard InChI is InChI=1S/C20H16Cl2N2O5S/c1-3-29-15-7-10(6-14(22)17(15)25)8-16-18(26)24(2)20(30-16)23-11-4-5-13(21)12(9-11)19(27)28/h4-9,25H,3H2,1-2H3,(H,27,28)/b16-8+,23-20?. The third-order valence-electron chi connectivity index (χ3n) is 4.06. The van der Waals surface area contributed by atoms with Crippen molar-refractivity contribution in [2.75, 3.05) is 13.7 Å². The third-order valence-corrected chi connectivity index (χ3v) is 5.73. The van der Waals surface area contributed by atoms with E-state index in [1.807, 2.05) is 0 Å². The minimum atomic E-state index is -1.17. The number of hydrogen-bond donors (Lipinski definition) is 2. The molecule has 3 rings (SSSR count). The van der Waals surface area contributed by atoms with Crippen molar-refractivity contribution >= 4 is 63.8 Å². The number of benzene rings is 2. The predicted octanol–water partition coefficient (Wildman–Crippen LogP) is 5.03. The maximum atomic E-state index is 12.6. The van der Waals surface area contributed by atoms with E-state index in [4.69, 9.17) is 27.9 Å². The Bertz CT molecular complexity index is 1100. The van der Waals surface area contributed by atoms with Gasteiger partial charge in [-0.1, -0.05) is 23.2 Å². The number of thioether (sulfide) groups is 1. The number of aliphatic imine (C=N–C) groups is 1. The number of phenolic OH excluding ortho intramolecular Hbond substituents is 1. The summed E-state index contributed by atoms with van der Waals surface area (Å²) in [5, 5.41) is 19.8. The summed E-state index contributed by atoms with van der Waals surface area (Å²) >= 11 is 13.1. The molecule has 0 bridgehead atoms. The van der Waals surface area contributed by atoms with E-state index in [0.717, 1.165) is 11.8 Å². The van der Waals surface area contributed by atoms with Crippen LogP contribution < -0.4 is 4.74 Å². The lowest BCUT2D eigenvalue weighted by Crippen LogP contribution is -2.23. The highest BCUT2D eigenvalue weighted by atomic mass is 35.5. The van der Waals surface area contributed by atoms with Crippen molar-refractivity contribution in [3.05, 3.63) is 56.4 Å². The molecule has 7 nitrogen and oxygen atoms in total. The molecule has 1 aliphatic heterocycles. The van der Waals surface area contributed by atoms with E-state index in [-0.39, 0.29) is 33.0 Å². The fourth-order valence-electron chi connectivity index (χ4n) is 2.60. The number of carbonyl (C=O) groups is 2. The van der Waals surface area contributed by atoms with Crippen molar-refractivity contribution in [1.29, 1.82) is 0 Å². The average Bonchev–Trinajstić information content (AvgIpc) is 2.95. The molecule has 0 unspecified atom stereocenters. The molecule has 1 amide bonds. The summed E-state index contributed by atoms with van der Waals surface area (Å²) in [4.78, 5) is 30.0. The monoisotopic (exact) mass is 466 g/mol. The summed E-state index contributed by atoms with van der Waals surface area (Å²) in [6.07, 6.45) is 1.62. The number of halogens is 2. The van der Waals surface area contributed by atoms with Gasteiger partial charge in [-0.15, -0.1) is 0 Å². The molecular weight excluding hydrogens is 451 g/mol. The van der Waals surface area contributed by atoms with E-state index in [1.165, 1.54) is 23.1 Å². The highest BCUT2D eigenvalue weighted by molar-refractivity contribution is 8.18. The number of aromatic carboxylic acids is 1. The zero-order valence-electron chi connectivity index (χ0n) is 15.8. The fraction of sp³-hybridized carbons (Fsp3) is 0.150. The maximum Gasteiger partial charge on any atom is 0.337 e. The molecule has 2 N–H and O–H groups in total. The van der Waals surface area contributed by atoms with E-state index < -0.39 is 5.97 Å². The van der Waals surface area contributed by atoms with Crippen LogP contribution in [0.1, 0.15) is 22.8 Å². The van der Waals surface area contributed by atoms with Gasteiger partial charge < -0.3 is 14.9 Å². The number of aromatic hydroxyl groups is 1. The van der Waals surface area contributed by atoms with Crippen LogP contribution in [0.4, 0.5) is 5.69 Å². The number of nitrogens with zero attached hydrogens (tertiary/aromatic N) is 2. The van der Waals surface area contributed by atoms with Crippen molar-refractivity contribution in [3.63, 3.8) is 0 Å². The average molecular weight is 467 g/mol. The van der Waals surface area contributed by atoms with Gasteiger partial charge in [0, 0.05) is 7.05 Å². The number of likely N-dealkylation sites (N-methyl/N-ethyl adjacent to an activating group) is 1. The SMILES string of the molecule is CCOc1cc(/C=C2/SC(=Nc3ccc(Cl)c(C(=O)O)c3)N(C)C2=O)cc(Cl)c1O. The normalized spacial score (nSPS) is 16.5. The zero-order valence-corrected chi connectivity index (χ0v) is 18.2. The maximum absolute atomic E-state index is 12.6. The molecule has 0 saturated carbocycles. The molecule has 0 aromatic heterocycles. The lowest BCUT2D eigenvalue weighted by molar-refractivity contribution is -0.121. The van der Waals surface area contributed by atoms with Gasteiger partial charge in [0.05, 0.1) is 32.8 Å². The van der Waals surface area contributed by atoms with Gasteiger partial charge in [0.1, 0.15) is 0 Å². The number of amides is 1. The summed E-state index contributed by atoms with van der Waals surface area (Å²) in [5.41, 5.74) is 0.853. The lowest BCUT2D eigenvalue weighted by Gasteiger charge is -2.08. The first-order chi connectivity index (χ1) is 14.2. The minimum Gasteiger partial charge on any atom is -0.503 e. The van der Waals surface area contributed by atoms with Crippen molar-refractivity contribution < 1.29 is 24.5 Å². The van der Waals surface area contributed by atoms with Gasteiger partial charge in [-0.3, -0.25) is 9.69 Å². The molecule has 1 fully saturated rings. The highest BCUT2D eigenvalue weighted by Gasteiger charge is 2.30. The third kappa shape index (κ3) is 4.56. The Morgan fingerprint density at radius 3 is 2.67 bits per heavy atom. The number of hydrogen-bond acceptors (Lipinski definition) is 6. The number of phenols is 1. The van der Waals surface area contributed by atoms with Gasteiger partial charge in [0.2, 0.25) is 0 Å². The van der Waals surface area contributed by atoms with E-state index in [2.05, 4.69) is 4.99 Å². The molecule has 0 spiro atoms. The van der Waals surface area contributed by atoms with Gasteiger partial charge >= 0.3 is 5.97 Å². The quantitative estimate of drug-likeness (QED) is 0.599. The lowest BCUT2D eigenvalue weighted by atomic mass is 10.2. The van der Waals surface area contributed by atoms with Crippen LogP contribution in [0.15, 0.2) is 40.2 Å². The molecule has 1 aliphatic rings. The van der Waals surface area contributed by atoms with Crippen molar-refractivity contribution in [1.82, 2.24) is 4.90 Å². The Hall–Kier alpha value is -2.68. The molecule has 10 heteroatoms. The summed E-state index contributed by atoms with van der Waals surface area (Å²) in [7, 11) is 1.57. The summed E-state index contributed by atoms with van der Waals surface area (Å²) in [6.45, 7) is 2.12. The second kappa shape index (κ2) is 8.99. The molecule has 1 heterocycles.